The van der Waals surface area contributed by atoms with Crippen molar-refractivity contribution < 1.29 is 0 Å². The predicted molar refractivity (Wildman–Crippen MR) is 243 cm³/mol. The van der Waals surface area contributed by atoms with E-state index in [0.29, 0.717) is 0 Å². The molecular weight excluding hydrogens is 701 g/mol. The zero-order valence-electron chi connectivity index (χ0n) is 31.7. The molecule has 2 aliphatic heterocycles. The topological polar surface area (TPSA) is 24.1 Å². The van der Waals surface area contributed by atoms with E-state index in [1.165, 1.54) is 122 Å². The third-order valence-electron chi connectivity index (χ3n) is 13.0. The molecule has 8 aromatic rings. The fourth-order valence-corrected chi connectivity index (χ4v) is 10.4. The number of benzene rings is 8. The SMILES string of the molecule is C1=CC2=C(NC1)C1NC(c3cccc(-c4cc(-c5ccc6c7c(cccc57)-c5ccccc5-6)cc(-c5ccc6c7c(cccc57)-c5ccccc5-6)c4)c3)=CC=C1C=C2. The minimum absolute atomic E-state index is 0.105. The Labute approximate surface area is 337 Å². The van der Waals surface area contributed by atoms with Crippen molar-refractivity contribution in [2.24, 2.45) is 0 Å². The van der Waals surface area contributed by atoms with Gasteiger partial charge in [-0.15, -0.1) is 0 Å². The second kappa shape index (κ2) is 12.0. The second-order valence-corrected chi connectivity index (χ2v) is 16.1. The smallest absolute Gasteiger partial charge is 0.0920 e. The third kappa shape index (κ3) is 4.54. The molecule has 2 N–H and O–H groups in total. The highest BCUT2D eigenvalue weighted by Crippen LogP contribution is 2.52. The van der Waals surface area contributed by atoms with E-state index in [-0.39, 0.29) is 6.04 Å². The van der Waals surface area contributed by atoms with Gasteiger partial charge in [0.15, 0.2) is 0 Å². The molecule has 5 aliphatic rings. The van der Waals surface area contributed by atoms with Crippen LogP contribution in [0.2, 0.25) is 0 Å². The molecule has 270 valence electrons. The van der Waals surface area contributed by atoms with Gasteiger partial charge in [-0.3, -0.25) is 0 Å². The molecule has 0 radical (unpaired) electrons. The van der Waals surface area contributed by atoms with Crippen LogP contribution in [0.5, 0.6) is 0 Å². The molecule has 1 atom stereocenters. The van der Waals surface area contributed by atoms with Gasteiger partial charge in [0.1, 0.15) is 0 Å². The molecule has 0 saturated carbocycles. The molecule has 13 rings (SSSR count). The summed E-state index contributed by atoms with van der Waals surface area (Å²) < 4.78 is 0. The molecule has 2 heteroatoms. The lowest BCUT2D eigenvalue weighted by Crippen LogP contribution is -2.41. The first-order valence-electron chi connectivity index (χ1n) is 20.3. The van der Waals surface area contributed by atoms with Gasteiger partial charge in [0.05, 0.1) is 6.04 Å². The van der Waals surface area contributed by atoms with Gasteiger partial charge in [-0.2, -0.15) is 0 Å². The third-order valence-corrected chi connectivity index (χ3v) is 13.0. The normalized spacial score (nSPS) is 16.3. The fraction of sp³-hybridized carbons (Fsp3) is 0.0357. The molecule has 0 aromatic heterocycles. The summed E-state index contributed by atoms with van der Waals surface area (Å²) in [4.78, 5) is 0. The first kappa shape index (κ1) is 31.7. The predicted octanol–water partition coefficient (Wildman–Crippen LogP) is 13.5. The molecule has 0 amide bonds. The first-order chi connectivity index (χ1) is 28.7. The van der Waals surface area contributed by atoms with Gasteiger partial charge in [-0.05, 0) is 146 Å². The molecule has 3 aliphatic carbocycles. The molecule has 58 heavy (non-hydrogen) atoms. The maximum absolute atomic E-state index is 3.90. The van der Waals surface area contributed by atoms with E-state index in [4.69, 9.17) is 0 Å². The minimum atomic E-state index is 0.105. The number of hydrogen-bond acceptors (Lipinski definition) is 2. The lowest BCUT2D eigenvalue weighted by Gasteiger charge is -2.33. The molecule has 8 aromatic carbocycles. The van der Waals surface area contributed by atoms with Gasteiger partial charge < -0.3 is 10.6 Å². The Morgan fingerprint density at radius 3 is 1.55 bits per heavy atom. The summed E-state index contributed by atoms with van der Waals surface area (Å²) in [6.07, 6.45) is 13.4. The van der Waals surface area contributed by atoms with Crippen LogP contribution in [-0.4, -0.2) is 12.6 Å². The van der Waals surface area contributed by atoms with E-state index < -0.39 is 0 Å². The van der Waals surface area contributed by atoms with Crippen molar-refractivity contribution >= 4 is 27.2 Å². The van der Waals surface area contributed by atoms with Crippen molar-refractivity contribution in [2.75, 3.05) is 6.54 Å². The van der Waals surface area contributed by atoms with Crippen molar-refractivity contribution in [3.05, 3.63) is 211 Å². The zero-order chi connectivity index (χ0) is 37.9. The van der Waals surface area contributed by atoms with Gasteiger partial charge in [-0.25, -0.2) is 0 Å². The largest absolute Gasteiger partial charge is 0.382 e. The van der Waals surface area contributed by atoms with Crippen LogP contribution in [0.4, 0.5) is 0 Å². The van der Waals surface area contributed by atoms with E-state index in [9.17, 15) is 0 Å². The summed E-state index contributed by atoms with van der Waals surface area (Å²) in [6.45, 7) is 0.851. The Kier molecular flexibility index (Phi) is 6.59. The summed E-state index contributed by atoms with van der Waals surface area (Å²) in [7, 11) is 0. The average Bonchev–Trinajstić information content (AvgIpc) is 3.80. The van der Waals surface area contributed by atoms with Crippen molar-refractivity contribution in [3.63, 3.8) is 0 Å². The number of hydrogen-bond donors (Lipinski definition) is 2. The van der Waals surface area contributed by atoms with Gasteiger partial charge >= 0.3 is 0 Å². The van der Waals surface area contributed by atoms with Crippen LogP contribution < -0.4 is 10.6 Å². The summed E-state index contributed by atoms with van der Waals surface area (Å²) in [5, 5.41) is 12.8. The lowest BCUT2D eigenvalue weighted by atomic mass is 9.87. The Hall–Kier alpha value is -7.42. The lowest BCUT2D eigenvalue weighted by molar-refractivity contribution is 0.683. The Morgan fingerprint density at radius 2 is 0.914 bits per heavy atom. The molecule has 1 unspecified atom stereocenters. The number of allylic oxidation sites excluding steroid dienone is 5. The number of dihydropyridines is 2. The molecule has 0 fully saturated rings. The minimum Gasteiger partial charge on any atom is -0.382 e. The van der Waals surface area contributed by atoms with Crippen molar-refractivity contribution in [3.8, 4) is 77.9 Å². The Morgan fingerprint density at radius 1 is 0.397 bits per heavy atom. The fourth-order valence-electron chi connectivity index (χ4n) is 10.4. The van der Waals surface area contributed by atoms with Crippen molar-refractivity contribution in [1.82, 2.24) is 10.6 Å². The highest BCUT2D eigenvalue weighted by atomic mass is 15.0. The van der Waals surface area contributed by atoms with Crippen LogP contribution >= 0.6 is 0 Å². The summed E-state index contributed by atoms with van der Waals surface area (Å²) in [6, 6.07) is 57.1. The van der Waals surface area contributed by atoms with E-state index in [0.717, 1.165) is 12.2 Å². The Balaban J connectivity index is 0.997. The van der Waals surface area contributed by atoms with Crippen LogP contribution in [-0.2, 0) is 0 Å². The van der Waals surface area contributed by atoms with Gasteiger partial charge in [0.2, 0.25) is 0 Å². The highest BCUT2D eigenvalue weighted by Gasteiger charge is 2.28. The van der Waals surface area contributed by atoms with E-state index >= 15 is 0 Å². The standard InChI is InChI=1S/C56H36N2/c1-3-14-44-42(12-1)48-18-6-16-46-40(23-25-50(44)53(46)48)38-30-37(31-39(32-38)41-24-26-51-45-15-4-2-13-43(45)49-19-7-17-47(41)54(49)51)35-9-5-10-36(29-35)52-27-22-34-21-20-33-11-8-28-57-55(33)56(34)58-52/h1-27,29-32,56-58H,28H2. The van der Waals surface area contributed by atoms with Crippen LogP contribution in [0.1, 0.15) is 5.56 Å². The van der Waals surface area contributed by atoms with Crippen molar-refractivity contribution in [2.45, 2.75) is 6.04 Å². The molecule has 0 saturated heterocycles. The van der Waals surface area contributed by atoms with E-state index in [1.807, 2.05) is 0 Å². The Bertz CT molecular complexity index is 3100. The summed E-state index contributed by atoms with van der Waals surface area (Å²) in [5.74, 6) is 0. The molecule has 0 bridgehead atoms. The quantitative estimate of drug-likeness (QED) is 0.188. The van der Waals surface area contributed by atoms with Gasteiger partial charge in [0.25, 0.3) is 0 Å². The monoisotopic (exact) mass is 736 g/mol. The number of nitrogens with one attached hydrogen (secondary N) is 2. The van der Waals surface area contributed by atoms with Crippen LogP contribution in [0.15, 0.2) is 205 Å². The van der Waals surface area contributed by atoms with Crippen molar-refractivity contribution in [1.29, 1.82) is 0 Å². The van der Waals surface area contributed by atoms with Crippen LogP contribution in [0, 0.1) is 0 Å². The average molecular weight is 737 g/mol. The second-order valence-electron chi connectivity index (χ2n) is 16.1. The highest BCUT2D eigenvalue weighted by molar-refractivity contribution is 6.20. The maximum atomic E-state index is 3.90. The van der Waals surface area contributed by atoms with E-state index in [1.54, 1.807) is 0 Å². The van der Waals surface area contributed by atoms with Gasteiger partial charge in [-0.1, -0.05) is 158 Å². The van der Waals surface area contributed by atoms with Gasteiger partial charge in [0, 0.05) is 17.9 Å². The summed E-state index contributed by atoms with van der Waals surface area (Å²) in [5.41, 5.74) is 24.0. The van der Waals surface area contributed by atoms with E-state index in [2.05, 4.69) is 199 Å². The van der Waals surface area contributed by atoms with Crippen LogP contribution in [0.25, 0.3) is 105 Å². The first-order valence-corrected chi connectivity index (χ1v) is 20.3. The number of fused-ring (bicyclic) bond motifs is 8. The summed E-state index contributed by atoms with van der Waals surface area (Å²) >= 11 is 0. The molecular formula is C56H36N2. The zero-order valence-corrected chi connectivity index (χ0v) is 31.7. The molecule has 0 spiro atoms. The molecule has 2 nitrogen and oxygen atoms in total. The number of rotatable bonds is 4. The maximum Gasteiger partial charge on any atom is 0.0920 e. The van der Waals surface area contributed by atoms with Crippen LogP contribution in [0.3, 0.4) is 0 Å². The molecule has 2 heterocycles.